The summed E-state index contributed by atoms with van der Waals surface area (Å²) in [5.74, 6) is -0.131. The van der Waals surface area contributed by atoms with Gasteiger partial charge in [-0.25, -0.2) is 9.78 Å². The fourth-order valence-electron chi connectivity index (χ4n) is 3.26. The lowest BCUT2D eigenvalue weighted by Crippen LogP contribution is -2.52. The first-order valence-electron chi connectivity index (χ1n) is 10.5. The molecule has 0 aliphatic carbocycles. The average molecular weight is 478 g/mol. The highest BCUT2D eigenvalue weighted by molar-refractivity contribution is 6.31. The number of aliphatic carboxylic acids is 1. The van der Waals surface area contributed by atoms with Gasteiger partial charge in [0.15, 0.2) is 5.82 Å². The highest BCUT2D eigenvalue weighted by Crippen LogP contribution is 2.29. The summed E-state index contributed by atoms with van der Waals surface area (Å²) in [6, 6.07) is 4.25. The largest absolute Gasteiger partial charge is 0.490 e. The lowest BCUT2D eigenvalue weighted by Gasteiger charge is -2.38. The first kappa shape index (κ1) is 24.7. The highest BCUT2D eigenvalue weighted by Gasteiger charge is 2.34. The number of carbonyl (C=O) groups excluding carboxylic acids is 1. The lowest BCUT2D eigenvalue weighted by molar-refractivity contribution is -0.149. The Labute approximate surface area is 197 Å². The van der Waals surface area contributed by atoms with Crippen molar-refractivity contribution in [2.75, 3.05) is 43.5 Å². The molecule has 0 saturated carbocycles. The van der Waals surface area contributed by atoms with E-state index in [-0.39, 0.29) is 12.6 Å². The molecule has 2 aromatic rings. The summed E-state index contributed by atoms with van der Waals surface area (Å²) in [6.07, 6.45) is 3.01. The number of amides is 2. The van der Waals surface area contributed by atoms with Crippen LogP contribution in [0.5, 0.6) is 5.75 Å². The van der Waals surface area contributed by atoms with Crippen LogP contribution in [-0.2, 0) is 9.53 Å². The third-order valence-corrected chi connectivity index (χ3v) is 5.41. The molecule has 1 unspecified atom stereocenters. The van der Waals surface area contributed by atoms with Crippen molar-refractivity contribution in [3.63, 3.8) is 0 Å². The van der Waals surface area contributed by atoms with Crippen molar-refractivity contribution in [1.82, 2.24) is 14.9 Å². The van der Waals surface area contributed by atoms with Crippen LogP contribution < -0.4 is 15.4 Å². The number of rotatable bonds is 8. The van der Waals surface area contributed by atoms with Gasteiger partial charge >= 0.3 is 12.0 Å². The number of halogens is 1. The fraction of sp³-hybridized carbons (Fsp3) is 0.455. The van der Waals surface area contributed by atoms with E-state index in [0.29, 0.717) is 48.6 Å². The van der Waals surface area contributed by atoms with Crippen LogP contribution in [0.25, 0.3) is 0 Å². The average Bonchev–Trinajstić information content (AvgIpc) is 2.75. The molecule has 11 heteroatoms. The Morgan fingerprint density at radius 2 is 2.09 bits per heavy atom. The van der Waals surface area contributed by atoms with Gasteiger partial charge in [-0.1, -0.05) is 11.6 Å². The quantitative estimate of drug-likeness (QED) is 0.528. The second kappa shape index (κ2) is 10.8. The molecule has 3 rings (SSSR count). The Morgan fingerprint density at radius 3 is 2.79 bits per heavy atom. The van der Waals surface area contributed by atoms with Gasteiger partial charge in [0.25, 0.3) is 0 Å². The minimum Gasteiger partial charge on any atom is -0.490 e. The zero-order valence-corrected chi connectivity index (χ0v) is 19.6. The van der Waals surface area contributed by atoms with Crippen molar-refractivity contribution in [2.24, 2.45) is 5.41 Å². The van der Waals surface area contributed by atoms with E-state index in [0.717, 1.165) is 5.69 Å². The van der Waals surface area contributed by atoms with Gasteiger partial charge in [-0.05, 0) is 39.0 Å². The van der Waals surface area contributed by atoms with Crippen LogP contribution in [-0.4, -0.2) is 70.9 Å². The van der Waals surface area contributed by atoms with Crippen LogP contribution in [0.2, 0.25) is 5.02 Å². The molecule has 0 radical (unpaired) electrons. The smallest absolute Gasteiger partial charge is 0.325 e. The summed E-state index contributed by atoms with van der Waals surface area (Å²) in [4.78, 5) is 34.2. The first-order chi connectivity index (χ1) is 15.6. The number of benzene rings is 1. The molecule has 1 aromatic carbocycles. The topological polar surface area (TPSA) is 126 Å². The third-order valence-electron chi connectivity index (χ3n) is 5.17. The van der Waals surface area contributed by atoms with Crippen LogP contribution in [0, 0.1) is 12.3 Å². The Hall–Kier alpha value is -2.95. The van der Waals surface area contributed by atoms with Crippen LogP contribution in [0.1, 0.15) is 19.5 Å². The van der Waals surface area contributed by atoms with Crippen molar-refractivity contribution < 1.29 is 24.2 Å². The van der Waals surface area contributed by atoms with Crippen LogP contribution >= 0.6 is 11.6 Å². The van der Waals surface area contributed by atoms with E-state index in [1.165, 1.54) is 6.20 Å². The van der Waals surface area contributed by atoms with Gasteiger partial charge in [-0.3, -0.25) is 20.0 Å². The van der Waals surface area contributed by atoms with Gasteiger partial charge in [-0.15, -0.1) is 0 Å². The number of hydrogen-bond donors (Lipinski definition) is 3. The number of carboxylic acid groups (broad SMARTS) is 1. The fourth-order valence-corrected chi connectivity index (χ4v) is 3.44. The summed E-state index contributed by atoms with van der Waals surface area (Å²) in [5, 5.41) is 15.2. The van der Waals surface area contributed by atoms with Gasteiger partial charge in [0.1, 0.15) is 12.4 Å². The minimum atomic E-state index is -0.903. The van der Waals surface area contributed by atoms with Crippen LogP contribution in [0.3, 0.4) is 0 Å². The molecule has 33 heavy (non-hydrogen) atoms. The number of morpholine rings is 1. The maximum Gasteiger partial charge on any atom is 0.325 e. The van der Waals surface area contributed by atoms with E-state index in [4.69, 9.17) is 21.1 Å². The molecule has 1 saturated heterocycles. The third kappa shape index (κ3) is 7.01. The SMILES string of the molecule is Cc1cnc(NC(=O)Nc2cc(Cl)ccc2OCC2COCCN2CC(C)(C)C(=O)O)cn1. The van der Waals surface area contributed by atoms with E-state index in [2.05, 4.69) is 25.5 Å². The van der Waals surface area contributed by atoms with Crippen molar-refractivity contribution in [1.29, 1.82) is 0 Å². The zero-order valence-electron chi connectivity index (χ0n) is 18.8. The molecule has 1 atom stereocenters. The monoisotopic (exact) mass is 477 g/mol. The number of hydrogen-bond acceptors (Lipinski definition) is 7. The maximum atomic E-state index is 12.4. The molecule has 1 fully saturated rings. The minimum absolute atomic E-state index is 0.141. The summed E-state index contributed by atoms with van der Waals surface area (Å²) in [6.45, 7) is 7.36. The molecule has 3 N–H and O–H groups in total. The molecule has 178 valence electrons. The van der Waals surface area contributed by atoms with Crippen LogP contribution in [0.15, 0.2) is 30.6 Å². The highest BCUT2D eigenvalue weighted by atomic mass is 35.5. The number of nitrogens with zero attached hydrogens (tertiary/aromatic N) is 3. The number of urea groups is 1. The van der Waals surface area contributed by atoms with E-state index < -0.39 is 17.4 Å². The molecular formula is C22H28ClN5O5. The lowest BCUT2D eigenvalue weighted by atomic mass is 9.92. The maximum absolute atomic E-state index is 12.4. The number of carboxylic acids is 1. The first-order valence-corrected chi connectivity index (χ1v) is 10.9. The Morgan fingerprint density at radius 1 is 1.30 bits per heavy atom. The summed E-state index contributed by atoms with van der Waals surface area (Å²) in [7, 11) is 0. The Kier molecular flexibility index (Phi) is 8.06. The van der Waals surface area contributed by atoms with E-state index in [1.807, 2.05) is 0 Å². The number of aryl methyl sites for hydroxylation is 1. The van der Waals surface area contributed by atoms with Gasteiger partial charge in [0.2, 0.25) is 0 Å². The number of carbonyl (C=O) groups is 2. The number of nitrogens with one attached hydrogen (secondary N) is 2. The summed E-state index contributed by atoms with van der Waals surface area (Å²) < 4.78 is 11.6. The van der Waals surface area contributed by atoms with Crippen molar-refractivity contribution >= 4 is 35.1 Å². The van der Waals surface area contributed by atoms with Crippen molar-refractivity contribution in [3.05, 3.63) is 41.3 Å². The van der Waals surface area contributed by atoms with Gasteiger partial charge in [-0.2, -0.15) is 0 Å². The van der Waals surface area contributed by atoms with E-state index >= 15 is 0 Å². The summed E-state index contributed by atoms with van der Waals surface area (Å²) >= 11 is 6.12. The molecule has 0 bridgehead atoms. The molecular weight excluding hydrogens is 450 g/mol. The second-order valence-corrected chi connectivity index (χ2v) is 8.90. The normalized spacial score (nSPS) is 16.8. The number of ether oxygens (including phenoxy) is 2. The molecule has 1 aromatic heterocycles. The van der Waals surface area contributed by atoms with Gasteiger partial charge < -0.3 is 19.9 Å². The molecule has 2 amide bonds. The van der Waals surface area contributed by atoms with Gasteiger partial charge in [0, 0.05) is 18.1 Å². The molecule has 1 aliphatic heterocycles. The predicted molar refractivity (Wildman–Crippen MR) is 124 cm³/mol. The number of aromatic nitrogens is 2. The second-order valence-electron chi connectivity index (χ2n) is 8.46. The van der Waals surface area contributed by atoms with Crippen molar-refractivity contribution in [2.45, 2.75) is 26.8 Å². The van der Waals surface area contributed by atoms with E-state index in [9.17, 15) is 14.7 Å². The zero-order chi connectivity index (χ0) is 24.0. The predicted octanol–water partition coefficient (Wildman–Crippen LogP) is 3.27. The Balaban J connectivity index is 1.66. The molecule has 2 heterocycles. The van der Waals surface area contributed by atoms with Crippen molar-refractivity contribution in [3.8, 4) is 5.75 Å². The summed E-state index contributed by atoms with van der Waals surface area (Å²) in [5.41, 5.74) is 0.215. The Bertz CT molecular complexity index is 986. The number of anilines is 2. The molecule has 0 spiro atoms. The molecule has 10 nitrogen and oxygen atoms in total. The molecule has 1 aliphatic rings. The van der Waals surface area contributed by atoms with Crippen LogP contribution in [0.4, 0.5) is 16.3 Å². The van der Waals surface area contributed by atoms with E-state index in [1.54, 1.807) is 45.2 Å². The van der Waals surface area contributed by atoms with Gasteiger partial charge in [0.05, 0.1) is 48.4 Å². The standard InChI is InChI=1S/C22H28ClN5O5/c1-14-9-25-19(10-24-14)27-21(31)26-17-8-15(23)4-5-18(17)33-12-16-11-32-7-6-28(16)13-22(2,3)20(29)30/h4-5,8-10,16H,6-7,11-13H2,1-3H3,(H,29,30)(H2,25,26,27,31).